The van der Waals surface area contributed by atoms with Crippen LogP contribution in [0.25, 0.3) is 0 Å². The number of rotatable bonds is 3. The van der Waals surface area contributed by atoms with E-state index >= 15 is 0 Å². The topological polar surface area (TPSA) is 78.4 Å². The third-order valence-electron chi connectivity index (χ3n) is 1.83. The van der Waals surface area contributed by atoms with E-state index in [1.807, 2.05) is 13.8 Å². The minimum atomic E-state index is -1.07. The zero-order chi connectivity index (χ0) is 12.1. The van der Waals surface area contributed by atoms with Gasteiger partial charge >= 0.3 is 12.0 Å². The van der Waals surface area contributed by atoms with Crippen LogP contribution in [0, 0.1) is 0 Å². The average molecular weight is 222 g/mol. The van der Waals surface area contributed by atoms with Gasteiger partial charge in [0.15, 0.2) is 0 Å². The number of carboxylic acids is 1. The normalized spacial score (nSPS) is 9.94. The van der Waals surface area contributed by atoms with Gasteiger partial charge in [-0.25, -0.2) is 9.59 Å². The molecular weight excluding hydrogens is 208 g/mol. The van der Waals surface area contributed by atoms with Crippen LogP contribution in [0.4, 0.5) is 10.5 Å². The number of anilines is 1. The second kappa shape index (κ2) is 5.16. The number of benzene rings is 1. The second-order valence-corrected chi connectivity index (χ2v) is 3.60. The maximum Gasteiger partial charge on any atom is 0.337 e. The van der Waals surface area contributed by atoms with E-state index < -0.39 is 12.0 Å². The fraction of sp³-hybridized carbons (Fsp3) is 0.273. The van der Waals surface area contributed by atoms with Crippen LogP contribution < -0.4 is 10.6 Å². The molecule has 0 heterocycles. The highest BCUT2D eigenvalue weighted by Gasteiger charge is 2.11. The molecule has 5 heteroatoms. The first kappa shape index (κ1) is 12.0. The number of aromatic carboxylic acids is 1. The van der Waals surface area contributed by atoms with Crippen LogP contribution in [0.15, 0.2) is 24.3 Å². The summed E-state index contributed by atoms with van der Waals surface area (Å²) in [6.07, 6.45) is 0. The summed E-state index contributed by atoms with van der Waals surface area (Å²) in [5.41, 5.74) is 0.356. The van der Waals surface area contributed by atoms with Crippen molar-refractivity contribution in [3.63, 3.8) is 0 Å². The highest BCUT2D eigenvalue weighted by molar-refractivity contribution is 5.99. The van der Waals surface area contributed by atoms with Crippen LogP contribution in [-0.2, 0) is 0 Å². The van der Waals surface area contributed by atoms with E-state index in [2.05, 4.69) is 10.6 Å². The minimum Gasteiger partial charge on any atom is -0.478 e. The van der Waals surface area contributed by atoms with Gasteiger partial charge in [-0.3, -0.25) is 0 Å². The quantitative estimate of drug-likeness (QED) is 0.731. The maximum atomic E-state index is 11.4. The van der Waals surface area contributed by atoms with Crippen LogP contribution in [-0.4, -0.2) is 23.1 Å². The van der Waals surface area contributed by atoms with E-state index in [9.17, 15) is 9.59 Å². The number of urea groups is 1. The molecule has 0 fully saturated rings. The molecule has 1 aromatic rings. The summed E-state index contributed by atoms with van der Waals surface area (Å²) in [5.74, 6) is -1.07. The predicted molar refractivity (Wildman–Crippen MR) is 60.7 cm³/mol. The Morgan fingerprint density at radius 1 is 1.25 bits per heavy atom. The van der Waals surface area contributed by atoms with Gasteiger partial charge in [0.1, 0.15) is 0 Å². The van der Waals surface area contributed by atoms with Crippen molar-refractivity contribution in [3.05, 3.63) is 29.8 Å². The zero-order valence-electron chi connectivity index (χ0n) is 9.15. The molecule has 5 nitrogen and oxygen atoms in total. The lowest BCUT2D eigenvalue weighted by Gasteiger charge is -2.11. The molecule has 0 saturated heterocycles. The standard InChI is InChI=1S/C11H14N2O3/c1-7(2)12-11(16)13-9-6-4-3-5-8(9)10(14)15/h3-7H,1-2H3,(H,14,15)(H2,12,13,16). The summed E-state index contributed by atoms with van der Waals surface area (Å²) < 4.78 is 0. The zero-order valence-corrected chi connectivity index (χ0v) is 9.15. The maximum absolute atomic E-state index is 11.4. The first-order valence-electron chi connectivity index (χ1n) is 4.90. The average Bonchev–Trinajstić information content (AvgIpc) is 2.16. The molecule has 0 unspecified atom stereocenters. The van der Waals surface area contributed by atoms with E-state index in [0.29, 0.717) is 0 Å². The molecule has 0 aliphatic carbocycles. The van der Waals surface area contributed by atoms with E-state index in [0.717, 1.165) is 0 Å². The van der Waals surface area contributed by atoms with Gasteiger partial charge in [0.05, 0.1) is 11.3 Å². The smallest absolute Gasteiger partial charge is 0.337 e. The van der Waals surface area contributed by atoms with Gasteiger partial charge in [-0.1, -0.05) is 12.1 Å². The van der Waals surface area contributed by atoms with Gasteiger partial charge in [-0.15, -0.1) is 0 Å². The van der Waals surface area contributed by atoms with Crippen molar-refractivity contribution in [2.45, 2.75) is 19.9 Å². The summed E-state index contributed by atoms with van der Waals surface area (Å²) in [6.45, 7) is 3.64. The second-order valence-electron chi connectivity index (χ2n) is 3.60. The van der Waals surface area contributed by atoms with E-state index in [1.54, 1.807) is 18.2 Å². The lowest BCUT2D eigenvalue weighted by Crippen LogP contribution is -2.34. The number of carbonyl (C=O) groups excluding carboxylic acids is 1. The third-order valence-corrected chi connectivity index (χ3v) is 1.83. The fourth-order valence-electron chi connectivity index (χ4n) is 1.20. The summed E-state index contributed by atoms with van der Waals surface area (Å²) in [7, 11) is 0. The molecule has 1 aromatic carbocycles. The van der Waals surface area contributed by atoms with Crippen molar-refractivity contribution in [1.29, 1.82) is 0 Å². The first-order valence-corrected chi connectivity index (χ1v) is 4.90. The molecule has 0 spiro atoms. The largest absolute Gasteiger partial charge is 0.478 e. The van der Waals surface area contributed by atoms with Crippen LogP contribution in [0.2, 0.25) is 0 Å². The molecule has 86 valence electrons. The molecule has 0 radical (unpaired) electrons. The number of carbonyl (C=O) groups is 2. The van der Waals surface area contributed by atoms with Gasteiger partial charge in [0.25, 0.3) is 0 Å². The Morgan fingerprint density at radius 3 is 2.44 bits per heavy atom. The van der Waals surface area contributed by atoms with Crippen molar-refractivity contribution < 1.29 is 14.7 Å². The van der Waals surface area contributed by atoms with Crippen molar-refractivity contribution >= 4 is 17.7 Å². The van der Waals surface area contributed by atoms with Gasteiger partial charge in [0, 0.05) is 6.04 Å². The SMILES string of the molecule is CC(C)NC(=O)Nc1ccccc1C(=O)O. The van der Waals surface area contributed by atoms with Crippen LogP contribution in [0.5, 0.6) is 0 Å². The molecule has 2 amide bonds. The van der Waals surface area contributed by atoms with Crippen LogP contribution in [0.1, 0.15) is 24.2 Å². The molecule has 16 heavy (non-hydrogen) atoms. The van der Waals surface area contributed by atoms with E-state index in [1.165, 1.54) is 6.07 Å². The summed E-state index contributed by atoms with van der Waals surface area (Å²) in [5, 5.41) is 14.0. The highest BCUT2D eigenvalue weighted by atomic mass is 16.4. The summed E-state index contributed by atoms with van der Waals surface area (Å²) in [6, 6.07) is 5.84. The number of amides is 2. The van der Waals surface area contributed by atoms with Crippen molar-refractivity contribution in [3.8, 4) is 0 Å². The molecule has 3 N–H and O–H groups in total. The molecule has 0 aromatic heterocycles. The van der Waals surface area contributed by atoms with Crippen LogP contribution in [0.3, 0.4) is 0 Å². The summed E-state index contributed by atoms with van der Waals surface area (Å²) in [4.78, 5) is 22.2. The molecular formula is C11H14N2O3. The fourth-order valence-corrected chi connectivity index (χ4v) is 1.20. The Balaban J connectivity index is 2.81. The number of hydrogen-bond acceptors (Lipinski definition) is 2. The van der Waals surface area contributed by atoms with Gasteiger partial charge in [-0.05, 0) is 26.0 Å². The highest BCUT2D eigenvalue weighted by Crippen LogP contribution is 2.14. The minimum absolute atomic E-state index is 0.00279. The Hall–Kier alpha value is -2.04. The van der Waals surface area contributed by atoms with Crippen molar-refractivity contribution in [1.82, 2.24) is 5.32 Å². The Morgan fingerprint density at radius 2 is 1.88 bits per heavy atom. The molecule has 0 saturated carbocycles. The van der Waals surface area contributed by atoms with Crippen molar-refractivity contribution in [2.24, 2.45) is 0 Å². The Kier molecular flexibility index (Phi) is 3.88. The monoisotopic (exact) mass is 222 g/mol. The predicted octanol–water partition coefficient (Wildman–Crippen LogP) is 1.91. The number of para-hydroxylation sites is 1. The number of nitrogens with one attached hydrogen (secondary N) is 2. The van der Waals surface area contributed by atoms with E-state index in [-0.39, 0.29) is 17.3 Å². The molecule has 0 atom stereocenters. The lowest BCUT2D eigenvalue weighted by atomic mass is 10.2. The molecule has 0 aliphatic heterocycles. The molecule has 0 bridgehead atoms. The third kappa shape index (κ3) is 3.27. The van der Waals surface area contributed by atoms with E-state index in [4.69, 9.17) is 5.11 Å². The van der Waals surface area contributed by atoms with Gasteiger partial charge < -0.3 is 15.7 Å². The van der Waals surface area contributed by atoms with Crippen LogP contribution >= 0.6 is 0 Å². The lowest BCUT2D eigenvalue weighted by molar-refractivity contribution is 0.0698. The number of hydrogen-bond donors (Lipinski definition) is 3. The molecule has 0 aliphatic rings. The van der Waals surface area contributed by atoms with Gasteiger partial charge in [-0.2, -0.15) is 0 Å². The Bertz CT molecular complexity index is 402. The molecule has 1 rings (SSSR count). The Labute approximate surface area is 93.5 Å². The summed E-state index contributed by atoms with van der Waals surface area (Å²) >= 11 is 0. The van der Waals surface area contributed by atoms with Gasteiger partial charge in [0.2, 0.25) is 0 Å². The first-order chi connectivity index (χ1) is 7.50. The van der Waals surface area contributed by atoms with Crippen molar-refractivity contribution in [2.75, 3.05) is 5.32 Å². The number of carboxylic acid groups (broad SMARTS) is 1.